The first kappa shape index (κ1) is 16.5. The summed E-state index contributed by atoms with van der Waals surface area (Å²) in [6.45, 7) is 4.10. The fraction of sp³-hybridized carbons (Fsp3) is 0.545. The van der Waals surface area contributed by atoms with E-state index in [0.717, 1.165) is 18.3 Å². The molecule has 1 heterocycles. The number of nitro groups is 1. The van der Waals surface area contributed by atoms with E-state index < -0.39 is 20.8 Å². The molecule has 112 valence electrons. The van der Waals surface area contributed by atoms with E-state index in [1.165, 1.54) is 0 Å². The maximum atomic E-state index is 11.9. The lowest BCUT2D eigenvalue weighted by molar-refractivity contribution is -0.389. The van der Waals surface area contributed by atoms with Gasteiger partial charge in [0.25, 0.3) is 0 Å². The lowest BCUT2D eigenvalue weighted by Crippen LogP contribution is -2.38. The van der Waals surface area contributed by atoms with Gasteiger partial charge in [-0.15, -0.1) is 0 Å². The van der Waals surface area contributed by atoms with Crippen LogP contribution in [-0.4, -0.2) is 30.9 Å². The van der Waals surface area contributed by atoms with Crippen LogP contribution in [0.2, 0.25) is 0 Å². The fourth-order valence-corrected chi connectivity index (χ4v) is 2.67. The van der Waals surface area contributed by atoms with Gasteiger partial charge in [-0.1, -0.05) is 13.8 Å². The SMILES string of the molecule is CC(C)CC(N)CNS(=O)(=O)c1ccc([N+](=O)[O-])nc1. The summed E-state index contributed by atoms with van der Waals surface area (Å²) in [5, 5.41) is 10.4. The number of sulfonamides is 1. The highest BCUT2D eigenvalue weighted by atomic mass is 32.2. The first-order valence-electron chi connectivity index (χ1n) is 6.08. The van der Waals surface area contributed by atoms with Crippen LogP contribution in [-0.2, 0) is 10.0 Å². The minimum Gasteiger partial charge on any atom is -0.358 e. The van der Waals surface area contributed by atoms with E-state index in [9.17, 15) is 18.5 Å². The Morgan fingerprint density at radius 2 is 2.10 bits per heavy atom. The third kappa shape index (κ3) is 4.83. The lowest BCUT2D eigenvalue weighted by Gasteiger charge is -2.14. The topological polar surface area (TPSA) is 128 Å². The van der Waals surface area contributed by atoms with Crippen molar-refractivity contribution in [1.82, 2.24) is 9.71 Å². The summed E-state index contributed by atoms with van der Waals surface area (Å²) in [6.07, 6.45) is 1.65. The minimum atomic E-state index is -3.75. The molecule has 0 aliphatic heterocycles. The molecule has 20 heavy (non-hydrogen) atoms. The number of nitrogens with zero attached hydrogens (tertiary/aromatic N) is 2. The molecule has 3 N–H and O–H groups in total. The van der Waals surface area contributed by atoms with Gasteiger partial charge >= 0.3 is 5.82 Å². The van der Waals surface area contributed by atoms with Gasteiger partial charge in [0.15, 0.2) is 6.20 Å². The van der Waals surface area contributed by atoms with Crippen LogP contribution in [0.1, 0.15) is 20.3 Å². The van der Waals surface area contributed by atoms with Gasteiger partial charge in [-0.25, -0.2) is 13.1 Å². The van der Waals surface area contributed by atoms with Crippen molar-refractivity contribution in [2.24, 2.45) is 11.7 Å². The molecule has 8 nitrogen and oxygen atoms in total. The molecular formula is C11H18N4O4S. The molecule has 0 spiro atoms. The molecule has 1 unspecified atom stereocenters. The summed E-state index contributed by atoms with van der Waals surface area (Å²) in [5.41, 5.74) is 5.79. The summed E-state index contributed by atoms with van der Waals surface area (Å²) < 4.78 is 26.2. The highest BCUT2D eigenvalue weighted by Gasteiger charge is 2.19. The molecule has 0 fully saturated rings. The van der Waals surface area contributed by atoms with Gasteiger partial charge in [0.2, 0.25) is 10.0 Å². The average molecular weight is 302 g/mol. The van der Waals surface area contributed by atoms with E-state index in [1.807, 2.05) is 13.8 Å². The van der Waals surface area contributed by atoms with Crippen molar-refractivity contribution in [1.29, 1.82) is 0 Å². The maximum Gasteiger partial charge on any atom is 0.363 e. The van der Waals surface area contributed by atoms with Gasteiger partial charge in [-0.2, -0.15) is 0 Å². The molecule has 0 saturated heterocycles. The fourth-order valence-electron chi connectivity index (χ4n) is 1.63. The Labute approximate surface area is 117 Å². The summed E-state index contributed by atoms with van der Waals surface area (Å²) in [6, 6.07) is 1.90. The van der Waals surface area contributed by atoms with E-state index in [4.69, 9.17) is 5.73 Å². The number of pyridine rings is 1. The molecule has 9 heteroatoms. The molecule has 1 aromatic heterocycles. The third-order valence-electron chi connectivity index (χ3n) is 2.53. The molecule has 0 aliphatic rings. The number of aromatic nitrogens is 1. The van der Waals surface area contributed by atoms with Gasteiger partial charge in [0.1, 0.15) is 4.90 Å². The number of nitrogens with one attached hydrogen (secondary N) is 1. The molecule has 0 aliphatic carbocycles. The first-order chi connectivity index (χ1) is 9.22. The van der Waals surface area contributed by atoms with Crippen LogP contribution in [0.25, 0.3) is 0 Å². The molecular weight excluding hydrogens is 284 g/mol. The summed E-state index contributed by atoms with van der Waals surface area (Å²) >= 11 is 0. The van der Waals surface area contributed by atoms with Crippen LogP contribution < -0.4 is 10.5 Å². The molecule has 1 atom stereocenters. The van der Waals surface area contributed by atoms with Gasteiger partial charge in [-0.05, 0) is 28.3 Å². The smallest absolute Gasteiger partial charge is 0.358 e. The van der Waals surface area contributed by atoms with Gasteiger partial charge in [0, 0.05) is 18.7 Å². The Kier molecular flexibility index (Phi) is 5.54. The van der Waals surface area contributed by atoms with Crippen LogP contribution >= 0.6 is 0 Å². The van der Waals surface area contributed by atoms with E-state index >= 15 is 0 Å². The number of hydrogen-bond acceptors (Lipinski definition) is 6. The summed E-state index contributed by atoms with van der Waals surface area (Å²) in [7, 11) is -3.75. The van der Waals surface area contributed by atoms with E-state index in [2.05, 4.69) is 9.71 Å². The van der Waals surface area contributed by atoms with E-state index in [-0.39, 0.29) is 17.5 Å². The van der Waals surface area contributed by atoms with Crippen molar-refractivity contribution >= 4 is 15.8 Å². The molecule has 0 aromatic carbocycles. The molecule has 0 radical (unpaired) electrons. The second kappa shape index (κ2) is 6.73. The van der Waals surface area contributed by atoms with Crippen LogP contribution in [0, 0.1) is 16.0 Å². The molecule has 1 rings (SSSR count). The average Bonchev–Trinajstić information content (AvgIpc) is 2.36. The lowest BCUT2D eigenvalue weighted by atomic mass is 10.1. The van der Waals surface area contributed by atoms with Gasteiger partial charge < -0.3 is 15.8 Å². The molecule has 1 aromatic rings. The quantitative estimate of drug-likeness (QED) is 0.562. The normalized spacial score (nSPS) is 13.4. The number of nitrogens with two attached hydrogens (primary N) is 1. The molecule has 0 amide bonds. The third-order valence-corrected chi connectivity index (χ3v) is 3.94. The summed E-state index contributed by atoms with van der Waals surface area (Å²) in [4.78, 5) is 13.1. The van der Waals surface area contributed by atoms with Crippen molar-refractivity contribution < 1.29 is 13.3 Å². The zero-order chi connectivity index (χ0) is 15.3. The predicted molar refractivity (Wildman–Crippen MR) is 73.5 cm³/mol. The van der Waals surface area contributed by atoms with Gasteiger partial charge in [0.05, 0.1) is 0 Å². The first-order valence-corrected chi connectivity index (χ1v) is 7.56. The Morgan fingerprint density at radius 1 is 1.45 bits per heavy atom. The van der Waals surface area contributed by atoms with E-state index in [1.54, 1.807) is 0 Å². The number of hydrogen-bond donors (Lipinski definition) is 2. The van der Waals surface area contributed by atoms with Crippen LogP contribution in [0.5, 0.6) is 0 Å². The monoisotopic (exact) mass is 302 g/mol. The van der Waals surface area contributed by atoms with Crippen molar-refractivity contribution in [3.8, 4) is 0 Å². The largest absolute Gasteiger partial charge is 0.363 e. The zero-order valence-corrected chi connectivity index (χ0v) is 12.1. The number of rotatable bonds is 7. The second-order valence-electron chi connectivity index (χ2n) is 4.85. The van der Waals surface area contributed by atoms with E-state index in [0.29, 0.717) is 12.3 Å². The second-order valence-corrected chi connectivity index (χ2v) is 6.62. The molecule has 0 bridgehead atoms. The Morgan fingerprint density at radius 3 is 2.55 bits per heavy atom. The standard InChI is InChI=1S/C11H18N4O4S/c1-8(2)5-9(12)6-14-20(18,19)10-3-4-11(13-7-10)15(16)17/h3-4,7-9,14H,5-6,12H2,1-2H3. The van der Waals surface area contributed by atoms with Crippen molar-refractivity contribution in [2.45, 2.75) is 31.2 Å². The highest BCUT2D eigenvalue weighted by Crippen LogP contribution is 2.12. The van der Waals surface area contributed by atoms with Crippen LogP contribution in [0.15, 0.2) is 23.2 Å². The minimum absolute atomic E-state index is 0.109. The summed E-state index contributed by atoms with van der Waals surface area (Å²) in [5.74, 6) is -0.0315. The van der Waals surface area contributed by atoms with Crippen molar-refractivity contribution in [3.63, 3.8) is 0 Å². The molecule has 0 saturated carbocycles. The highest BCUT2D eigenvalue weighted by molar-refractivity contribution is 7.89. The Bertz CT molecular complexity index is 556. The Balaban J connectivity index is 2.71. The van der Waals surface area contributed by atoms with Crippen LogP contribution in [0.3, 0.4) is 0 Å². The maximum absolute atomic E-state index is 11.9. The zero-order valence-electron chi connectivity index (χ0n) is 11.3. The van der Waals surface area contributed by atoms with Crippen LogP contribution in [0.4, 0.5) is 5.82 Å². The predicted octanol–water partition coefficient (Wildman–Crippen LogP) is 0.641. The van der Waals surface area contributed by atoms with Crippen molar-refractivity contribution in [3.05, 3.63) is 28.4 Å². The van der Waals surface area contributed by atoms with Gasteiger partial charge in [-0.3, -0.25) is 0 Å². The van der Waals surface area contributed by atoms with Crippen molar-refractivity contribution in [2.75, 3.05) is 6.54 Å². The Hall–Kier alpha value is -1.58.